The summed E-state index contributed by atoms with van der Waals surface area (Å²) in [7, 11) is 0. The fraction of sp³-hybridized carbons (Fsp3) is 0.143. The van der Waals surface area contributed by atoms with E-state index < -0.39 is 12.0 Å². The smallest absolute Gasteiger partial charge is 0.453 e. The Balaban J connectivity index is 0.00000208. The van der Waals surface area contributed by atoms with E-state index in [0.29, 0.717) is 0 Å². The highest BCUT2D eigenvalue weighted by Crippen LogP contribution is 2.25. The molecule has 0 aromatic carbocycles. The van der Waals surface area contributed by atoms with Crippen molar-refractivity contribution in [2.45, 2.75) is 11.2 Å². The van der Waals surface area contributed by atoms with E-state index in [1.807, 2.05) is 35.2 Å². The van der Waals surface area contributed by atoms with Crippen LogP contribution in [0.15, 0.2) is 54.1 Å². The molecule has 3 aromatic heterocycles. The summed E-state index contributed by atoms with van der Waals surface area (Å²) >= 11 is 1.58. The summed E-state index contributed by atoms with van der Waals surface area (Å²) in [5.41, 5.74) is 0.801. The highest BCUT2D eigenvalue weighted by atomic mass is 127. The molecule has 5 nitrogen and oxygen atoms in total. The van der Waals surface area contributed by atoms with Crippen LogP contribution in [-0.2, 0) is 6.18 Å². The molecule has 0 atom stereocenters. The molecule has 3 rings (SSSR count). The first-order valence-electron chi connectivity index (χ1n) is 6.49. The first-order valence-corrected chi connectivity index (χ1v) is 7.72. The summed E-state index contributed by atoms with van der Waals surface area (Å²) < 4.78 is 40.5. The van der Waals surface area contributed by atoms with Crippen LogP contribution < -0.4 is 28.5 Å². The van der Waals surface area contributed by atoms with Crippen molar-refractivity contribution in [3.63, 3.8) is 0 Å². The molecule has 10 heteroatoms. The van der Waals surface area contributed by atoms with E-state index in [4.69, 9.17) is 0 Å². The summed E-state index contributed by atoms with van der Waals surface area (Å²) in [6.45, 7) is 0. The fourth-order valence-corrected chi connectivity index (χ4v) is 2.54. The van der Waals surface area contributed by atoms with Crippen LogP contribution in [0, 0.1) is 0 Å². The van der Waals surface area contributed by atoms with Gasteiger partial charge in [-0.15, -0.1) is 5.10 Å². The summed E-state index contributed by atoms with van der Waals surface area (Å²) in [5.74, 6) is -0.926. The van der Waals surface area contributed by atoms with Crippen molar-refractivity contribution in [2.75, 3.05) is 6.26 Å². The Morgan fingerprint density at radius 1 is 1.12 bits per heavy atom. The molecule has 0 aliphatic rings. The van der Waals surface area contributed by atoms with Gasteiger partial charge in [0.05, 0.1) is 0 Å². The maximum absolute atomic E-state index is 12.5. The molecule has 0 N–H and O–H groups in total. The molecule has 0 amide bonds. The average Bonchev–Trinajstić information content (AvgIpc) is 3.05. The molecular weight excluding hydrogens is 454 g/mol. The quantitative estimate of drug-likeness (QED) is 0.303. The first kappa shape index (κ1) is 18.6. The Morgan fingerprint density at radius 2 is 1.92 bits per heavy atom. The molecule has 0 unspecified atom stereocenters. The third kappa shape index (κ3) is 3.86. The number of thioether (sulfide) groups is 1. The molecular formula is C14H11F3IN5S. The third-order valence-corrected chi connectivity index (χ3v) is 3.77. The Morgan fingerprint density at radius 3 is 2.50 bits per heavy atom. The lowest BCUT2D eigenvalue weighted by atomic mass is 10.3. The molecule has 0 bridgehead atoms. The number of hydrogen-bond acceptors (Lipinski definition) is 4. The van der Waals surface area contributed by atoms with Crippen LogP contribution in [0.3, 0.4) is 0 Å². The SMILES string of the molecule is CSc1cccc[n+]1-c1ccc(-n2cnc(C(F)(F)F)n2)nc1.[I-]. The summed E-state index contributed by atoms with van der Waals surface area (Å²) in [6.07, 6.45) is 1.84. The van der Waals surface area contributed by atoms with E-state index in [2.05, 4.69) is 15.1 Å². The lowest BCUT2D eigenvalue weighted by Gasteiger charge is -2.02. The zero-order chi connectivity index (χ0) is 16.4. The maximum atomic E-state index is 12.5. The van der Waals surface area contributed by atoms with Gasteiger partial charge in [0, 0.05) is 18.2 Å². The van der Waals surface area contributed by atoms with Crippen molar-refractivity contribution in [1.29, 1.82) is 0 Å². The van der Waals surface area contributed by atoms with Crippen molar-refractivity contribution in [3.05, 3.63) is 54.9 Å². The Labute approximate surface area is 157 Å². The number of nitrogens with zero attached hydrogens (tertiary/aromatic N) is 5. The summed E-state index contributed by atoms with van der Waals surface area (Å²) in [5, 5.41) is 4.41. The van der Waals surface area contributed by atoms with Crippen LogP contribution in [0.2, 0.25) is 0 Å². The van der Waals surface area contributed by atoms with Crippen LogP contribution >= 0.6 is 11.8 Å². The first-order chi connectivity index (χ1) is 11.0. The van der Waals surface area contributed by atoms with Gasteiger partial charge < -0.3 is 24.0 Å². The molecule has 3 aromatic rings. The van der Waals surface area contributed by atoms with Gasteiger partial charge in [-0.3, -0.25) is 0 Å². The lowest BCUT2D eigenvalue weighted by molar-refractivity contribution is -0.636. The lowest BCUT2D eigenvalue weighted by Crippen LogP contribution is -3.00. The normalized spacial score (nSPS) is 11.2. The van der Waals surface area contributed by atoms with Crippen molar-refractivity contribution in [3.8, 4) is 11.5 Å². The van der Waals surface area contributed by atoms with E-state index >= 15 is 0 Å². The van der Waals surface area contributed by atoms with E-state index in [0.717, 1.165) is 21.7 Å². The van der Waals surface area contributed by atoms with Crippen molar-refractivity contribution in [1.82, 2.24) is 19.7 Å². The maximum Gasteiger partial charge on any atom is 0.453 e. The van der Waals surface area contributed by atoms with Gasteiger partial charge in [0.15, 0.2) is 12.0 Å². The number of halogens is 4. The molecule has 0 saturated carbocycles. The van der Waals surface area contributed by atoms with Gasteiger partial charge in [0.2, 0.25) is 10.7 Å². The second kappa shape index (κ2) is 7.47. The third-order valence-electron chi connectivity index (χ3n) is 3.02. The van der Waals surface area contributed by atoms with Gasteiger partial charge in [-0.1, -0.05) is 11.8 Å². The largest absolute Gasteiger partial charge is 1.00 e. The van der Waals surface area contributed by atoms with Gasteiger partial charge >= 0.3 is 6.18 Å². The minimum atomic E-state index is -4.57. The molecule has 0 radical (unpaired) electrons. The van der Waals surface area contributed by atoms with Gasteiger partial charge in [0.1, 0.15) is 12.5 Å². The number of aromatic nitrogens is 5. The Hall–Kier alpha value is -1.69. The Bertz CT molecular complexity index is 820. The zero-order valence-electron chi connectivity index (χ0n) is 12.3. The van der Waals surface area contributed by atoms with Gasteiger partial charge in [-0.05, 0) is 18.4 Å². The van der Waals surface area contributed by atoms with Gasteiger partial charge in [-0.2, -0.15) is 17.7 Å². The minimum absolute atomic E-state index is 0. The number of pyridine rings is 2. The molecule has 24 heavy (non-hydrogen) atoms. The molecule has 0 fully saturated rings. The number of hydrogen-bond donors (Lipinski definition) is 0. The minimum Gasteiger partial charge on any atom is -1.00 e. The molecule has 0 spiro atoms. The highest BCUT2D eigenvalue weighted by molar-refractivity contribution is 7.98. The van der Waals surface area contributed by atoms with Crippen LogP contribution in [0.4, 0.5) is 13.2 Å². The molecule has 0 aliphatic carbocycles. The molecule has 3 heterocycles. The monoisotopic (exact) mass is 465 g/mol. The average molecular weight is 465 g/mol. The van der Waals surface area contributed by atoms with Crippen molar-refractivity contribution < 1.29 is 41.7 Å². The molecule has 126 valence electrons. The summed E-state index contributed by atoms with van der Waals surface area (Å²) in [4.78, 5) is 7.41. The molecule has 0 saturated heterocycles. The fourth-order valence-electron chi connectivity index (χ4n) is 1.97. The van der Waals surface area contributed by atoms with Crippen molar-refractivity contribution >= 4 is 11.8 Å². The second-order valence-corrected chi connectivity index (χ2v) is 5.32. The summed E-state index contributed by atoms with van der Waals surface area (Å²) in [6, 6.07) is 9.13. The number of rotatable bonds is 3. The van der Waals surface area contributed by atoms with Crippen LogP contribution in [0.25, 0.3) is 11.5 Å². The molecule has 0 aliphatic heterocycles. The van der Waals surface area contributed by atoms with E-state index in [-0.39, 0.29) is 29.8 Å². The van der Waals surface area contributed by atoms with Gasteiger partial charge in [-0.25, -0.2) is 14.6 Å². The van der Waals surface area contributed by atoms with Crippen LogP contribution in [-0.4, -0.2) is 26.0 Å². The second-order valence-electron chi connectivity index (χ2n) is 4.50. The van der Waals surface area contributed by atoms with Crippen LogP contribution in [0.1, 0.15) is 5.82 Å². The number of alkyl halides is 3. The van der Waals surface area contributed by atoms with E-state index in [1.54, 1.807) is 30.1 Å². The standard InChI is InChI=1S/C14H11F3N5S.HI/c1-23-12-4-2-3-7-21(12)10-5-6-11(18-8-10)22-9-19-13(20-22)14(15,16)17;/h2-9H,1H3;1H/q+1;/p-1. The van der Waals surface area contributed by atoms with E-state index in [9.17, 15) is 13.2 Å². The topological polar surface area (TPSA) is 47.5 Å². The Kier molecular flexibility index (Phi) is 5.80. The van der Waals surface area contributed by atoms with Crippen LogP contribution in [0.5, 0.6) is 0 Å². The van der Waals surface area contributed by atoms with Gasteiger partial charge in [0.25, 0.3) is 5.82 Å². The van der Waals surface area contributed by atoms with E-state index in [1.165, 1.54) is 0 Å². The highest BCUT2D eigenvalue weighted by Gasteiger charge is 2.36. The zero-order valence-corrected chi connectivity index (χ0v) is 15.2. The predicted octanol–water partition coefficient (Wildman–Crippen LogP) is -0.316. The van der Waals surface area contributed by atoms with Crippen molar-refractivity contribution in [2.24, 2.45) is 0 Å². The predicted molar refractivity (Wildman–Crippen MR) is 77.5 cm³/mol.